The van der Waals surface area contributed by atoms with Crippen LogP contribution in [0.2, 0.25) is 0 Å². The summed E-state index contributed by atoms with van der Waals surface area (Å²) < 4.78 is 7.58. The molecule has 1 saturated carbocycles. The van der Waals surface area contributed by atoms with Crippen LogP contribution in [0, 0.1) is 11.3 Å². The van der Waals surface area contributed by atoms with Crippen molar-refractivity contribution >= 4 is 5.91 Å². The van der Waals surface area contributed by atoms with Gasteiger partial charge in [-0.1, -0.05) is 30.3 Å². The Balaban J connectivity index is 1.42. The number of imidazole rings is 1. The summed E-state index contributed by atoms with van der Waals surface area (Å²) in [5.74, 6) is 0.404. The zero-order valence-corrected chi connectivity index (χ0v) is 16.2. The van der Waals surface area contributed by atoms with Gasteiger partial charge in [-0.05, 0) is 43.6 Å². The summed E-state index contributed by atoms with van der Waals surface area (Å²) in [6.07, 6.45) is 8.66. The van der Waals surface area contributed by atoms with E-state index in [1.165, 1.54) is 5.56 Å². The minimum Gasteiger partial charge on any atom is -0.391 e. The first-order valence-electron chi connectivity index (χ1n) is 10.2. The van der Waals surface area contributed by atoms with Gasteiger partial charge in [0.1, 0.15) is 0 Å². The van der Waals surface area contributed by atoms with Crippen LogP contribution in [0.5, 0.6) is 0 Å². The van der Waals surface area contributed by atoms with Crippen molar-refractivity contribution in [2.75, 3.05) is 13.2 Å². The van der Waals surface area contributed by atoms with Gasteiger partial charge in [0.05, 0.1) is 23.9 Å². The van der Waals surface area contributed by atoms with Crippen LogP contribution in [0.1, 0.15) is 31.2 Å². The summed E-state index contributed by atoms with van der Waals surface area (Å²) in [7, 11) is 0. The highest BCUT2D eigenvalue weighted by Crippen LogP contribution is 2.36. The number of nitrogens with zero attached hydrogens (tertiary/aromatic N) is 2. The van der Waals surface area contributed by atoms with Crippen molar-refractivity contribution in [3.8, 4) is 0 Å². The lowest BCUT2D eigenvalue weighted by atomic mass is 9.74. The van der Waals surface area contributed by atoms with Gasteiger partial charge < -0.3 is 19.7 Å². The molecule has 2 heterocycles. The highest BCUT2D eigenvalue weighted by molar-refractivity contribution is 5.83. The number of ether oxygens (including phenoxy) is 1. The van der Waals surface area contributed by atoms with Gasteiger partial charge in [-0.3, -0.25) is 4.79 Å². The Kier molecular flexibility index (Phi) is 5.78. The molecule has 1 aliphatic heterocycles. The summed E-state index contributed by atoms with van der Waals surface area (Å²) in [5, 5.41) is 13.7. The third kappa shape index (κ3) is 4.28. The number of hydrogen-bond donors (Lipinski definition) is 2. The number of carbonyl (C=O) groups excluding carboxylic acids is 1. The topological polar surface area (TPSA) is 76.4 Å². The second kappa shape index (κ2) is 8.45. The number of benzene rings is 1. The van der Waals surface area contributed by atoms with E-state index >= 15 is 0 Å². The van der Waals surface area contributed by atoms with Gasteiger partial charge in [0.2, 0.25) is 5.91 Å². The molecule has 3 atom stereocenters. The number of aliphatic hydroxyl groups excluding tert-OH is 1. The number of hydrogen-bond acceptors (Lipinski definition) is 4. The molecule has 28 heavy (non-hydrogen) atoms. The first-order chi connectivity index (χ1) is 13.6. The van der Waals surface area contributed by atoms with Crippen LogP contribution < -0.4 is 5.32 Å². The Labute approximate surface area is 165 Å². The molecular formula is C22H29N3O3. The predicted molar refractivity (Wildman–Crippen MR) is 106 cm³/mol. The normalized spacial score (nSPS) is 26.8. The van der Waals surface area contributed by atoms with Crippen molar-refractivity contribution in [3.63, 3.8) is 0 Å². The molecule has 2 aromatic rings. The molecule has 1 aliphatic carbocycles. The van der Waals surface area contributed by atoms with Crippen molar-refractivity contribution in [1.29, 1.82) is 0 Å². The van der Waals surface area contributed by atoms with Crippen LogP contribution in [0.25, 0.3) is 0 Å². The highest BCUT2D eigenvalue weighted by Gasteiger charge is 2.43. The maximum Gasteiger partial charge on any atom is 0.227 e. The molecule has 0 bridgehead atoms. The van der Waals surface area contributed by atoms with Gasteiger partial charge >= 0.3 is 0 Å². The van der Waals surface area contributed by atoms with E-state index < -0.39 is 11.5 Å². The number of nitrogens with one attached hydrogen (secondary N) is 1. The SMILES string of the molecule is O=C(N[C@@H]1CC(Cn2ccnc2)C[C@H]1O)C1(Cc2ccccc2)CCOCC1. The van der Waals surface area contributed by atoms with E-state index in [2.05, 4.69) is 22.4 Å². The quantitative estimate of drug-likeness (QED) is 0.802. The van der Waals surface area contributed by atoms with Crippen molar-refractivity contribution < 1.29 is 14.6 Å². The fourth-order valence-electron chi connectivity index (χ4n) is 4.67. The third-order valence-electron chi connectivity index (χ3n) is 6.29. The lowest BCUT2D eigenvalue weighted by Gasteiger charge is -2.37. The van der Waals surface area contributed by atoms with Gasteiger partial charge in [-0.25, -0.2) is 4.98 Å². The van der Waals surface area contributed by atoms with Crippen LogP contribution in [0.15, 0.2) is 49.1 Å². The van der Waals surface area contributed by atoms with Gasteiger partial charge in [-0.2, -0.15) is 0 Å². The molecule has 2 N–H and O–H groups in total. The largest absolute Gasteiger partial charge is 0.391 e. The van der Waals surface area contributed by atoms with Gasteiger partial charge in [0.25, 0.3) is 0 Å². The maximum absolute atomic E-state index is 13.4. The van der Waals surface area contributed by atoms with E-state index in [-0.39, 0.29) is 11.9 Å². The maximum atomic E-state index is 13.4. The van der Waals surface area contributed by atoms with Crippen LogP contribution in [-0.4, -0.2) is 45.9 Å². The Morgan fingerprint density at radius 2 is 2.04 bits per heavy atom. The van der Waals surface area contributed by atoms with E-state index in [9.17, 15) is 9.90 Å². The molecular weight excluding hydrogens is 354 g/mol. The molecule has 150 valence electrons. The Hall–Kier alpha value is -2.18. The Morgan fingerprint density at radius 3 is 2.75 bits per heavy atom. The summed E-state index contributed by atoms with van der Waals surface area (Å²) >= 11 is 0. The van der Waals surface area contributed by atoms with E-state index in [1.807, 2.05) is 29.0 Å². The average molecular weight is 383 g/mol. The molecule has 1 amide bonds. The molecule has 1 unspecified atom stereocenters. The Morgan fingerprint density at radius 1 is 1.25 bits per heavy atom. The summed E-state index contributed by atoms with van der Waals surface area (Å²) in [6.45, 7) is 2.04. The van der Waals surface area contributed by atoms with Crippen molar-refractivity contribution in [3.05, 3.63) is 54.6 Å². The smallest absolute Gasteiger partial charge is 0.227 e. The molecule has 2 fully saturated rings. The average Bonchev–Trinajstić information content (AvgIpc) is 3.33. The molecule has 1 aromatic heterocycles. The van der Waals surface area contributed by atoms with Crippen LogP contribution in [0.3, 0.4) is 0 Å². The zero-order chi connectivity index (χ0) is 19.4. The van der Waals surface area contributed by atoms with Gasteiger partial charge in [-0.15, -0.1) is 0 Å². The van der Waals surface area contributed by atoms with E-state index in [4.69, 9.17) is 4.74 Å². The minimum absolute atomic E-state index is 0.0620. The molecule has 4 rings (SSSR count). The van der Waals surface area contributed by atoms with E-state index in [0.717, 1.165) is 25.8 Å². The first-order valence-corrected chi connectivity index (χ1v) is 10.2. The number of aliphatic hydroxyl groups is 1. The first kappa shape index (κ1) is 19.2. The van der Waals surface area contributed by atoms with Crippen LogP contribution in [0.4, 0.5) is 0 Å². The summed E-state index contributed by atoms with van der Waals surface area (Å²) in [5.41, 5.74) is 0.714. The molecule has 1 aromatic carbocycles. The lowest BCUT2D eigenvalue weighted by Crippen LogP contribution is -2.51. The number of aromatic nitrogens is 2. The number of amides is 1. The van der Waals surface area contributed by atoms with E-state index in [1.54, 1.807) is 12.5 Å². The standard InChI is InChI=1S/C22H29N3O3/c26-20-13-18(15-25-9-8-23-16-25)12-19(20)24-21(27)22(6-10-28-11-7-22)14-17-4-2-1-3-5-17/h1-5,8-9,16,18-20,26H,6-7,10-15H2,(H,24,27)/t18?,19-,20-/m1/s1. The van der Waals surface area contributed by atoms with Crippen molar-refractivity contribution in [2.45, 2.75) is 50.8 Å². The Bertz CT molecular complexity index is 757. The van der Waals surface area contributed by atoms with Crippen LogP contribution >= 0.6 is 0 Å². The van der Waals surface area contributed by atoms with Gasteiger partial charge in [0, 0.05) is 32.2 Å². The molecule has 0 spiro atoms. The lowest BCUT2D eigenvalue weighted by molar-refractivity contribution is -0.138. The summed E-state index contributed by atoms with van der Waals surface area (Å²) in [4.78, 5) is 17.4. The third-order valence-corrected chi connectivity index (χ3v) is 6.29. The minimum atomic E-state index is -0.494. The fraction of sp³-hybridized carbons (Fsp3) is 0.545. The highest BCUT2D eigenvalue weighted by atomic mass is 16.5. The van der Waals surface area contributed by atoms with E-state index in [0.29, 0.717) is 32.0 Å². The fourth-order valence-corrected chi connectivity index (χ4v) is 4.67. The number of rotatable bonds is 6. The zero-order valence-electron chi connectivity index (χ0n) is 16.2. The summed E-state index contributed by atoms with van der Waals surface area (Å²) in [6, 6.07) is 10.0. The molecule has 2 aliphatic rings. The second-order valence-corrected chi connectivity index (χ2v) is 8.30. The molecule has 0 radical (unpaired) electrons. The molecule has 1 saturated heterocycles. The predicted octanol–water partition coefficient (Wildman–Crippen LogP) is 2.18. The molecule has 6 heteroatoms. The molecule has 6 nitrogen and oxygen atoms in total. The monoisotopic (exact) mass is 383 g/mol. The van der Waals surface area contributed by atoms with Crippen molar-refractivity contribution in [2.24, 2.45) is 11.3 Å². The number of carbonyl (C=O) groups is 1. The second-order valence-electron chi connectivity index (χ2n) is 8.30. The van der Waals surface area contributed by atoms with Crippen molar-refractivity contribution in [1.82, 2.24) is 14.9 Å². The van der Waals surface area contributed by atoms with Gasteiger partial charge in [0.15, 0.2) is 0 Å². The van der Waals surface area contributed by atoms with Crippen LogP contribution in [-0.2, 0) is 22.5 Å².